The van der Waals surface area contributed by atoms with E-state index in [1.807, 2.05) is 48.2 Å². The topological polar surface area (TPSA) is 26.8 Å². The van der Waals surface area contributed by atoms with E-state index >= 15 is 0 Å². The van der Waals surface area contributed by atoms with E-state index in [1.54, 1.807) is 0 Å². The van der Waals surface area contributed by atoms with Crippen LogP contribution in [-0.2, 0) is 0 Å². The zero-order valence-electron chi connectivity index (χ0n) is 12.2. The Labute approximate surface area is 125 Å². The number of halogens is 1. The molecule has 0 spiro atoms. The molecule has 0 atom stereocenters. The van der Waals surface area contributed by atoms with Crippen LogP contribution in [0.5, 0.6) is 0 Å². The van der Waals surface area contributed by atoms with E-state index in [0.29, 0.717) is 5.88 Å². The Hall–Kier alpha value is -1.26. The van der Waals surface area contributed by atoms with Crippen molar-refractivity contribution in [2.75, 3.05) is 57.6 Å². The molecule has 0 bridgehead atoms. The van der Waals surface area contributed by atoms with Gasteiger partial charge < -0.3 is 9.80 Å². The van der Waals surface area contributed by atoms with E-state index in [9.17, 15) is 4.79 Å². The summed E-state index contributed by atoms with van der Waals surface area (Å²) in [6, 6.07) is 7.78. The van der Waals surface area contributed by atoms with Gasteiger partial charge in [-0.3, -0.25) is 9.69 Å². The van der Waals surface area contributed by atoms with Crippen molar-refractivity contribution in [1.29, 1.82) is 0 Å². The van der Waals surface area contributed by atoms with Crippen molar-refractivity contribution in [3.05, 3.63) is 29.8 Å². The van der Waals surface area contributed by atoms with E-state index in [-0.39, 0.29) is 5.91 Å². The lowest BCUT2D eigenvalue weighted by Crippen LogP contribution is -2.49. The summed E-state index contributed by atoms with van der Waals surface area (Å²) in [5, 5.41) is 0. The number of nitrogens with zero attached hydrogens (tertiary/aromatic N) is 3. The molecule has 2 rings (SSSR count). The Morgan fingerprint density at radius 1 is 1.15 bits per heavy atom. The molecule has 20 heavy (non-hydrogen) atoms. The molecule has 1 saturated heterocycles. The summed E-state index contributed by atoms with van der Waals surface area (Å²) in [6.45, 7) is 4.29. The normalized spacial score (nSPS) is 16.2. The van der Waals surface area contributed by atoms with Gasteiger partial charge in [-0.2, -0.15) is 0 Å². The van der Waals surface area contributed by atoms with E-state index in [2.05, 4.69) is 4.90 Å². The number of amides is 1. The van der Waals surface area contributed by atoms with Gasteiger partial charge in [0.25, 0.3) is 5.91 Å². The predicted octanol–water partition coefficient (Wildman–Crippen LogP) is 1.75. The first-order chi connectivity index (χ1) is 9.61. The van der Waals surface area contributed by atoms with Crippen LogP contribution in [0.1, 0.15) is 10.4 Å². The van der Waals surface area contributed by atoms with E-state index in [1.165, 1.54) is 0 Å². The van der Waals surface area contributed by atoms with Gasteiger partial charge in [-0.15, -0.1) is 11.6 Å². The predicted molar refractivity (Wildman–Crippen MR) is 83.8 cm³/mol. The third-order valence-electron chi connectivity index (χ3n) is 3.69. The minimum absolute atomic E-state index is 0.126. The Morgan fingerprint density at radius 3 is 2.25 bits per heavy atom. The van der Waals surface area contributed by atoms with Crippen molar-refractivity contribution in [3.8, 4) is 0 Å². The van der Waals surface area contributed by atoms with Crippen molar-refractivity contribution in [3.63, 3.8) is 0 Å². The Balaban J connectivity index is 1.95. The average molecular weight is 296 g/mol. The van der Waals surface area contributed by atoms with Crippen molar-refractivity contribution in [2.45, 2.75) is 0 Å². The number of carbonyl (C=O) groups is 1. The zero-order valence-corrected chi connectivity index (χ0v) is 12.9. The number of piperazine rings is 1. The number of carbonyl (C=O) groups excluding carboxylic acids is 1. The number of anilines is 1. The maximum absolute atomic E-state index is 12.4. The van der Waals surface area contributed by atoms with Crippen LogP contribution in [0.4, 0.5) is 5.69 Å². The van der Waals surface area contributed by atoms with Crippen LogP contribution < -0.4 is 4.90 Å². The second-order valence-corrected chi connectivity index (χ2v) is 5.64. The van der Waals surface area contributed by atoms with Gasteiger partial charge in [0.15, 0.2) is 0 Å². The summed E-state index contributed by atoms with van der Waals surface area (Å²) in [6.07, 6.45) is 0. The maximum atomic E-state index is 12.4. The summed E-state index contributed by atoms with van der Waals surface area (Å²) in [4.78, 5) is 18.7. The van der Waals surface area contributed by atoms with Gasteiger partial charge in [0.2, 0.25) is 0 Å². The largest absolute Gasteiger partial charge is 0.378 e. The fourth-order valence-corrected chi connectivity index (χ4v) is 2.62. The summed E-state index contributed by atoms with van der Waals surface area (Å²) >= 11 is 5.74. The van der Waals surface area contributed by atoms with Gasteiger partial charge in [-0.1, -0.05) is 0 Å². The molecular weight excluding hydrogens is 274 g/mol. The molecule has 1 amide bonds. The second-order valence-electron chi connectivity index (χ2n) is 5.26. The lowest BCUT2D eigenvalue weighted by atomic mass is 10.1. The maximum Gasteiger partial charge on any atom is 0.253 e. The molecule has 1 aliphatic rings. The SMILES string of the molecule is CN(C)c1ccc(C(=O)N2CCN(CCCl)CC2)cc1. The number of benzene rings is 1. The van der Waals surface area contributed by atoms with Crippen molar-refractivity contribution >= 4 is 23.2 Å². The second kappa shape index (κ2) is 6.95. The van der Waals surface area contributed by atoms with Crippen LogP contribution >= 0.6 is 11.6 Å². The number of rotatable bonds is 4. The number of alkyl halides is 1. The summed E-state index contributed by atoms with van der Waals surface area (Å²) in [7, 11) is 3.99. The van der Waals surface area contributed by atoms with Crippen LogP contribution in [0.2, 0.25) is 0 Å². The van der Waals surface area contributed by atoms with Crippen LogP contribution in [0.15, 0.2) is 24.3 Å². The van der Waals surface area contributed by atoms with Gasteiger partial charge >= 0.3 is 0 Å². The molecule has 0 aromatic heterocycles. The first kappa shape index (κ1) is 15.1. The first-order valence-corrected chi connectivity index (χ1v) is 7.50. The van der Waals surface area contributed by atoms with Crippen molar-refractivity contribution < 1.29 is 4.79 Å². The van der Waals surface area contributed by atoms with Crippen LogP contribution in [-0.4, -0.2) is 68.4 Å². The highest BCUT2D eigenvalue weighted by atomic mass is 35.5. The molecule has 0 aliphatic carbocycles. The highest BCUT2D eigenvalue weighted by Gasteiger charge is 2.21. The Kier molecular flexibility index (Phi) is 5.26. The van der Waals surface area contributed by atoms with Gasteiger partial charge in [0, 0.05) is 63.9 Å². The quantitative estimate of drug-likeness (QED) is 0.792. The van der Waals surface area contributed by atoms with Crippen LogP contribution in [0.3, 0.4) is 0 Å². The molecule has 110 valence electrons. The molecule has 4 nitrogen and oxygen atoms in total. The fourth-order valence-electron chi connectivity index (χ4n) is 2.38. The third-order valence-corrected chi connectivity index (χ3v) is 3.86. The molecule has 1 heterocycles. The zero-order chi connectivity index (χ0) is 14.5. The van der Waals surface area contributed by atoms with Crippen molar-refractivity contribution in [2.24, 2.45) is 0 Å². The Morgan fingerprint density at radius 2 is 1.75 bits per heavy atom. The molecule has 1 aromatic rings. The van der Waals surface area contributed by atoms with Crippen LogP contribution in [0.25, 0.3) is 0 Å². The molecule has 1 aromatic carbocycles. The van der Waals surface area contributed by atoms with E-state index in [0.717, 1.165) is 44.0 Å². The van der Waals surface area contributed by atoms with E-state index < -0.39 is 0 Å². The molecular formula is C15H22ClN3O. The monoisotopic (exact) mass is 295 g/mol. The number of hydrogen-bond donors (Lipinski definition) is 0. The van der Waals surface area contributed by atoms with Gasteiger partial charge in [-0.05, 0) is 24.3 Å². The summed E-state index contributed by atoms with van der Waals surface area (Å²) in [5.41, 5.74) is 1.87. The lowest BCUT2D eigenvalue weighted by Gasteiger charge is -2.34. The summed E-state index contributed by atoms with van der Waals surface area (Å²) in [5.74, 6) is 0.778. The molecule has 0 radical (unpaired) electrons. The minimum Gasteiger partial charge on any atom is -0.378 e. The minimum atomic E-state index is 0.126. The highest BCUT2D eigenvalue weighted by Crippen LogP contribution is 2.14. The smallest absolute Gasteiger partial charge is 0.253 e. The van der Waals surface area contributed by atoms with Crippen molar-refractivity contribution in [1.82, 2.24) is 9.80 Å². The molecule has 5 heteroatoms. The molecule has 1 fully saturated rings. The summed E-state index contributed by atoms with van der Waals surface area (Å²) < 4.78 is 0. The highest BCUT2D eigenvalue weighted by molar-refractivity contribution is 6.18. The fraction of sp³-hybridized carbons (Fsp3) is 0.533. The van der Waals surface area contributed by atoms with E-state index in [4.69, 9.17) is 11.6 Å². The average Bonchev–Trinajstić information content (AvgIpc) is 2.48. The molecule has 0 unspecified atom stereocenters. The molecule has 0 saturated carbocycles. The third kappa shape index (κ3) is 3.64. The van der Waals surface area contributed by atoms with Crippen LogP contribution in [0, 0.1) is 0 Å². The molecule has 1 aliphatic heterocycles. The standard InChI is InChI=1S/C15H22ClN3O/c1-17(2)14-5-3-13(4-6-14)15(20)19-11-9-18(8-7-16)10-12-19/h3-6H,7-12H2,1-2H3. The first-order valence-electron chi connectivity index (χ1n) is 6.97. The van der Waals surface area contributed by atoms with Gasteiger partial charge in [0.1, 0.15) is 0 Å². The van der Waals surface area contributed by atoms with Gasteiger partial charge in [-0.25, -0.2) is 0 Å². The lowest BCUT2D eigenvalue weighted by molar-refractivity contribution is 0.0644. The molecule has 0 N–H and O–H groups in total. The Bertz CT molecular complexity index is 439. The van der Waals surface area contributed by atoms with Gasteiger partial charge in [0.05, 0.1) is 0 Å². The number of hydrogen-bond acceptors (Lipinski definition) is 3.